The Morgan fingerprint density at radius 1 is 1.15 bits per heavy atom. The van der Waals surface area contributed by atoms with E-state index in [9.17, 15) is 5.26 Å². The number of halogens is 1. The fourth-order valence-corrected chi connectivity index (χ4v) is 7.48. The number of ether oxygens (including phenoxy) is 1. The van der Waals surface area contributed by atoms with E-state index >= 15 is 0 Å². The third kappa shape index (κ3) is 7.06. The maximum Gasteiger partial charge on any atom is 0.227 e. The van der Waals surface area contributed by atoms with Crippen LogP contribution in [0.4, 0.5) is 17.3 Å². The molecule has 2 N–H and O–H groups in total. The molecule has 2 aliphatic rings. The van der Waals surface area contributed by atoms with E-state index in [0.29, 0.717) is 29.7 Å². The summed E-state index contributed by atoms with van der Waals surface area (Å²) in [6.07, 6.45) is 4.92. The molecule has 0 aliphatic carbocycles. The Morgan fingerprint density at radius 3 is 2.68 bits per heavy atom. The van der Waals surface area contributed by atoms with Gasteiger partial charge < -0.3 is 24.4 Å². The molecule has 1 unspecified atom stereocenters. The lowest BCUT2D eigenvalue weighted by atomic mass is 9.83. The number of fused-ring (bicyclic) bond motifs is 2. The van der Waals surface area contributed by atoms with Crippen molar-refractivity contribution in [3.8, 4) is 17.3 Å². The maximum absolute atomic E-state index is 10.1. The Hall–Kier alpha value is -3.46. The number of morpholine rings is 1. The smallest absolute Gasteiger partial charge is 0.227 e. The summed E-state index contributed by atoms with van der Waals surface area (Å²) in [5.41, 5.74) is 5.84. The number of anilines is 3. The SMILES string of the molecule is CC1(CO[Si](C)(C)C(C)(C)C)CNc2c(C#N)cc(-c3ccnc(Nc4cc(Cl)cc5c4ccn5CCCN4CCOCC4)n3)cc21. The van der Waals surface area contributed by atoms with Gasteiger partial charge in [-0.25, -0.2) is 9.97 Å². The van der Waals surface area contributed by atoms with Crippen LogP contribution < -0.4 is 10.6 Å². The average molecular weight is 672 g/mol. The van der Waals surface area contributed by atoms with Crippen LogP contribution in [-0.4, -0.2) is 73.8 Å². The van der Waals surface area contributed by atoms with E-state index in [-0.39, 0.29) is 10.5 Å². The minimum Gasteiger partial charge on any atom is -0.416 e. The predicted molar refractivity (Wildman–Crippen MR) is 193 cm³/mol. The second kappa shape index (κ2) is 13.2. The predicted octanol–water partition coefficient (Wildman–Crippen LogP) is 7.79. The van der Waals surface area contributed by atoms with E-state index in [1.54, 1.807) is 6.20 Å². The van der Waals surface area contributed by atoms with E-state index in [0.717, 1.165) is 84.9 Å². The number of rotatable bonds is 10. The van der Waals surface area contributed by atoms with Crippen molar-refractivity contribution in [2.24, 2.45) is 0 Å². The van der Waals surface area contributed by atoms with E-state index in [2.05, 4.69) is 90.3 Å². The molecule has 1 atom stereocenters. The number of nitrogens with one attached hydrogen (secondary N) is 2. The van der Waals surface area contributed by atoms with Crippen LogP contribution in [-0.2, 0) is 21.1 Å². The zero-order chi connectivity index (χ0) is 33.4. The topological polar surface area (TPSA) is 100 Å². The summed E-state index contributed by atoms with van der Waals surface area (Å²) in [7, 11) is -1.96. The van der Waals surface area contributed by atoms with Crippen LogP contribution in [0.2, 0.25) is 23.2 Å². The molecule has 0 amide bonds. The summed E-state index contributed by atoms with van der Waals surface area (Å²) in [6.45, 7) is 20.4. The van der Waals surface area contributed by atoms with Crippen molar-refractivity contribution in [2.45, 2.75) is 64.2 Å². The first-order chi connectivity index (χ1) is 22.4. The van der Waals surface area contributed by atoms with Crippen molar-refractivity contribution in [1.82, 2.24) is 19.4 Å². The maximum atomic E-state index is 10.1. The average Bonchev–Trinajstić information content (AvgIpc) is 3.61. The van der Waals surface area contributed by atoms with Gasteiger partial charge in [-0.1, -0.05) is 39.3 Å². The van der Waals surface area contributed by atoms with Gasteiger partial charge in [0.25, 0.3) is 0 Å². The molecule has 0 saturated carbocycles. The van der Waals surface area contributed by atoms with Gasteiger partial charge in [-0.2, -0.15) is 5.26 Å². The molecule has 11 heteroatoms. The first-order valence-electron chi connectivity index (χ1n) is 16.5. The number of nitrogens with zero attached hydrogens (tertiary/aromatic N) is 5. The monoisotopic (exact) mass is 671 g/mol. The van der Waals surface area contributed by atoms with Crippen LogP contribution in [0.1, 0.15) is 45.2 Å². The minimum absolute atomic E-state index is 0.114. The number of hydrogen-bond donors (Lipinski definition) is 2. The standard InChI is InChI=1S/C36H46ClN7O2Si/c1-35(2,3)47(5,6)46-24-36(4)23-40-33-26(22-38)18-25(19-29(33)36)30-8-10-39-34(41-30)42-31-20-27(37)21-32-28(31)9-13-44(32)12-7-11-43-14-16-45-17-15-43/h8-10,13,18-21,40H,7,11-12,14-17,23-24H2,1-6H3,(H,39,41,42). The molecule has 0 spiro atoms. The Labute approximate surface area is 284 Å². The Bertz CT molecular complexity index is 1810. The van der Waals surface area contributed by atoms with Gasteiger partial charge in [0.1, 0.15) is 6.07 Å². The molecular weight excluding hydrogens is 626 g/mol. The number of nitriles is 1. The molecule has 6 rings (SSSR count). The molecule has 0 bridgehead atoms. The van der Waals surface area contributed by atoms with Gasteiger partial charge in [0, 0.05) is 73.1 Å². The van der Waals surface area contributed by atoms with Crippen LogP contribution in [0.3, 0.4) is 0 Å². The molecule has 2 aromatic heterocycles. The summed E-state index contributed by atoms with van der Waals surface area (Å²) in [5.74, 6) is 0.465. The summed E-state index contributed by atoms with van der Waals surface area (Å²) in [5, 5.41) is 18.9. The van der Waals surface area contributed by atoms with Crippen molar-refractivity contribution in [3.63, 3.8) is 0 Å². The second-order valence-corrected chi connectivity index (χ2v) is 19.9. The van der Waals surface area contributed by atoms with E-state index < -0.39 is 8.32 Å². The molecule has 4 heterocycles. The molecule has 2 aromatic carbocycles. The normalized spacial score (nSPS) is 18.6. The van der Waals surface area contributed by atoms with Gasteiger partial charge in [-0.3, -0.25) is 4.90 Å². The third-order valence-corrected chi connectivity index (χ3v) is 14.8. The van der Waals surface area contributed by atoms with Crippen molar-refractivity contribution in [1.29, 1.82) is 5.26 Å². The number of aryl methyl sites for hydroxylation is 1. The fourth-order valence-electron chi connectivity index (χ4n) is 6.16. The summed E-state index contributed by atoms with van der Waals surface area (Å²) < 4.78 is 14.4. The highest BCUT2D eigenvalue weighted by Gasteiger charge is 2.42. The van der Waals surface area contributed by atoms with Gasteiger partial charge >= 0.3 is 0 Å². The van der Waals surface area contributed by atoms with Gasteiger partial charge in [0.05, 0.1) is 41.4 Å². The van der Waals surface area contributed by atoms with Gasteiger partial charge in [0.2, 0.25) is 5.95 Å². The van der Waals surface area contributed by atoms with Gasteiger partial charge in [-0.15, -0.1) is 0 Å². The Morgan fingerprint density at radius 2 is 1.94 bits per heavy atom. The lowest BCUT2D eigenvalue weighted by Gasteiger charge is -2.39. The molecule has 9 nitrogen and oxygen atoms in total. The van der Waals surface area contributed by atoms with Crippen molar-refractivity contribution in [2.75, 3.05) is 56.6 Å². The largest absolute Gasteiger partial charge is 0.416 e. The van der Waals surface area contributed by atoms with Gasteiger partial charge in [0.15, 0.2) is 8.32 Å². The highest BCUT2D eigenvalue weighted by Crippen LogP contribution is 2.44. The lowest BCUT2D eigenvalue weighted by Crippen LogP contribution is -2.45. The molecule has 1 saturated heterocycles. The summed E-state index contributed by atoms with van der Waals surface area (Å²) in [6, 6.07) is 14.4. The highest BCUT2D eigenvalue weighted by molar-refractivity contribution is 6.74. The molecular formula is C36H46ClN7O2Si. The zero-order valence-electron chi connectivity index (χ0n) is 28.4. The summed E-state index contributed by atoms with van der Waals surface area (Å²) >= 11 is 6.63. The number of hydrogen-bond acceptors (Lipinski definition) is 8. The number of benzene rings is 2. The number of aromatic nitrogens is 3. The van der Waals surface area contributed by atoms with Gasteiger partial charge in [-0.05, 0) is 66.5 Å². The van der Waals surface area contributed by atoms with Crippen LogP contribution in [0, 0.1) is 11.3 Å². The summed E-state index contributed by atoms with van der Waals surface area (Å²) in [4.78, 5) is 11.9. The first-order valence-corrected chi connectivity index (χ1v) is 19.8. The first kappa shape index (κ1) is 33.4. The lowest BCUT2D eigenvalue weighted by molar-refractivity contribution is 0.0369. The molecule has 0 radical (unpaired) electrons. The van der Waals surface area contributed by atoms with Crippen LogP contribution in [0.25, 0.3) is 22.2 Å². The van der Waals surface area contributed by atoms with E-state index in [1.165, 1.54) is 0 Å². The molecule has 4 aromatic rings. The quantitative estimate of drug-likeness (QED) is 0.165. The Balaban J connectivity index is 1.24. The van der Waals surface area contributed by atoms with E-state index in [4.69, 9.17) is 25.7 Å². The molecule has 47 heavy (non-hydrogen) atoms. The van der Waals surface area contributed by atoms with Crippen molar-refractivity contribution in [3.05, 3.63) is 64.9 Å². The van der Waals surface area contributed by atoms with Crippen molar-refractivity contribution < 1.29 is 9.16 Å². The van der Waals surface area contributed by atoms with Crippen LogP contribution in [0.5, 0.6) is 0 Å². The van der Waals surface area contributed by atoms with E-state index in [1.807, 2.05) is 24.3 Å². The van der Waals surface area contributed by atoms with Crippen LogP contribution in [0.15, 0.2) is 48.8 Å². The Kier molecular flexibility index (Phi) is 9.40. The van der Waals surface area contributed by atoms with Crippen molar-refractivity contribution >= 4 is 48.1 Å². The highest BCUT2D eigenvalue weighted by atomic mass is 35.5. The second-order valence-electron chi connectivity index (χ2n) is 14.6. The van der Waals surface area contributed by atoms with Crippen LogP contribution >= 0.6 is 11.6 Å². The zero-order valence-corrected chi connectivity index (χ0v) is 30.2. The fraction of sp³-hybridized carbons (Fsp3) is 0.472. The molecule has 2 aliphatic heterocycles. The molecule has 1 fully saturated rings. The third-order valence-electron chi connectivity index (χ3n) is 10.2. The minimum atomic E-state index is -1.96. The molecule has 248 valence electrons.